The summed E-state index contributed by atoms with van der Waals surface area (Å²) in [5.41, 5.74) is 6.45. The number of unbranched alkanes of at least 4 members (excludes halogenated alkanes) is 1. The first-order valence-corrected chi connectivity index (χ1v) is 4.71. The summed E-state index contributed by atoms with van der Waals surface area (Å²) < 4.78 is 0. The number of hydrogen-bond acceptors (Lipinski definition) is 2. The topological polar surface area (TPSA) is 66.7 Å². The van der Waals surface area contributed by atoms with Crippen molar-refractivity contribution >= 4 is 17.3 Å². The first-order valence-electron chi connectivity index (χ1n) is 4.30. The van der Waals surface area contributed by atoms with Gasteiger partial charge < -0.3 is 11.1 Å². The minimum absolute atomic E-state index is 0.376. The van der Waals surface area contributed by atoms with E-state index in [0.29, 0.717) is 5.11 Å². The van der Waals surface area contributed by atoms with Gasteiger partial charge in [0.2, 0.25) is 0 Å². The van der Waals surface area contributed by atoms with Gasteiger partial charge in [0.15, 0.2) is 5.11 Å². The van der Waals surface area contributed by atoms with Crippen LogP contribution in [0.3, 0.4) is 0 Å². The summed E-state index contributed by atoms with van der Waals surface area (Å²) in [4.78, 5) is 0. The molecule has 1 aromatic heterocycles. The van der Waals surface area contributed by atoms with Crippen LogP contribution in [0.25, 0.3) is 0 Å². The van der Waals surface area contributed by atoms with Crippen LogP contribution in [-0.2, 0) is 6.42 Å². The van der Waals surface area contributed by atoms with Gasteiger partial charge in [-0.15, -0.1) is 0 Å². The summed E-state index contributed by atoms with van der Waals surface area (Å²) in [7, 11) is 0. The van der Waals surface area contributed by atoms with Crippen molar-refractivity contribution in [3.05, 3.63) is 18.0 Å². The third-order valence-corrected chi connectivity index (χ3v) is 1.87. The minimum atomic E-state index is 0.376. The van der Waals surface area contributed by atoms with Crippen LogP contribution >= 0.6 is 12.2 Å². The van der Waals surface area contributed by atoms with E-state index in [1.807, 2.05) is 6.07 Å². The third-order valence-electron chi connectivity index (χ3n) is 1.73. The van der Waals surface area contributed by atoms with E-state index in [-0.39, 0.29) is 0 Å². The molecule has 0 aliphatic carbocycles. The number of nitrogens with one attached hydrogen (secondary N) is 2. The number of aromatic nitrogens is 2. The van der Waals surface area contributed by atoms with Gasteiger partial charge in [-0.05, 0) is 37.5 Å². The fourth-order valence-corrected chi connectivity index (χ4v) is 1.18. The maximum absolute atomic E-state index is 5.27. The zero-order valence-corrected chi connectivity index (χ0v) is 8.23. The molecule has 0 saturated heterocycles. The molecule has 0 saturated carbocycles. The van der Waals surface area contributed by atoms with Gasteiger partial charge in [-0.25, -0.2) is 0 Å². The van der Waals surface area contributed by atoms with Gasteiger partial charge in [-0.2, -0.15) is 5.10 Å². The molecule has 0 unspecified atom stereocenters. The average Bonchev–Trinajstić information content (AvgIpc) is 2.55. The molecule has 0 aliphatic rings. The zero-order chi connectivity index (χ0) is 9.52. The third kappa shape index (κ3) is 4.47. The van der Waals surface area contributed by atoms with E-state index in [9.17, 15) is 0 Å². The maximum Gasteiger partial charge on any atom is 0.163 e. The standard InChI is InChI=1S/C8H14N4S/c9-8(13)10-5-2-1-3-7-4-6-11-12-7/h4,6H,1-3,5H2,(H,11,12)(H3,9,10,13). The second-order valence-corrected chi connectivity index (χ2v) is 3.27. The van der Waals surface area contributed by atoms with Crippen LogP contribution in [0.1, 0.15) is 18.5 Å². The van der Waals surface area contributed by atoms with Crippen molar-refractivity contribution in [1.29, 1.82) is 0 Å². The van der Waals surface area contributed by atoms with Gasteiger partial charge in [0.1, 0.15) is 0 Å². The number of rotatable bonds is 5. The molecule has 1 heterocycles. The van der Waals surface area contributed by atoms with Crippen LogP contribution in [0.15, 0.2) is 12.3 Å². The fourth-order valence-electron chi connectivity index (χ4n) is 1.08. The van der Waals surface area contributed by atoms with Gasteiger partial charge in [0, 0.05) is 18.4 Å². The number of aryl methyl sites for hydroxylation is 1. The Labute approximate surface area is 82.9 Å². The molecule has 1 aromatic rings. The summed E-state index contributed by atoms with van der Waals surface area (Å²) in [6, 6.07) is 1.99. The van der Waals surface area contributed by atoms with Crippen LogP contribution in [0.2, 0.25) is 0 Å². The van der Waals surface area contributed by atoms with Crippen LogP contribution < -0.4 is 11.1 Å². The highest BCUT2D eigenvalue weighted by Gasteiger charge is 1.93. The lowest BCUT2D eigenvalue weighted by molar-refractivity contribution is 0.700. The van der Waals surface area contributed by atoms with E-state index in [1.54, 1.807) is 6.20 Å². The van der Waals surface area contributed by atoms with Crippen molar-refractivity contribution in [1.82, 2.24) is 15.5 Å². The summed E-state index contributed by atoms with van der Waals surface area (Å²) in [6.07, 6.45) is 4.97. The second-order valence-electron chi connectivity index (χ2n) is 2.83. The minimum Gasteiger partial charge on any atom is -0.376 e. The van der Waals surface area contributed by atoms with Crippen LogP contribution in [-0.4, -0.2) is 21.9 Å². The largest absolute Gasteiger partial charge is 0.376 e. The molecule has 0 aliphatic heterocycles. The predicted octanol–water partition coefficient (Wildman–Crippen LogP) is 0.566. The van der Waals surface area contributed by atoms with Gasteiger partial charge in [-0.1, -0.05) is 0 Å². The zero-order valence-electron chi connectivity index (χ0n) is 7.42. The second kappa shape index (κ2) is 5.53. The molecule has 0 radical (unpaired) electrons. The average molecular weight is 198 g/mol. The highest BCUT2D eigenvalue weighted by Crippen LogP contribution is 1.99. The fraction of sp³-hybridized carbons (Fsp3) is 0.500. The quantitative estimate of drug-likeness (QED) is 0.478. The van der Waals surface area contributed by atoms with Crippen molar-refractivity contribution in [3.63, 3.8) is 0 Å². The summed E-state index contributed by atoms with van der Waals surface area (Å²) in [6.45, 7) is 0.851. The Balaban J connectivity index is 1.99. The van der Waals surface area contributed by atoms with Gasteiger partial charge in [0.25, 0.3) is 0 Å². The Bertz CT molecular complexity index is 245. The lowest BCUT2D eigenvalue weighted by Gasteiger charge is -2.02. The molecule has 1 rings (SSSR count). The van der Waals surface area contributed by atoms with Gasteiger partial charge in [0.05, 0.1) is 0 Å². The van der Waals surface area contributed by atoms with E-state index >= 15 is 0 Å². The molecule has 0 amide bonds. The van der Waals surface area contributed by atoms with E-state index in [0.717, 1.165) is 25.8 Å². The van der Waals surface area contributed by atoms with Crippen molar-refractivity contribution in [2.24, 2.45) is 5.73 Å². The molecule has 4 N–H and O–H groups in total. The van der Waals surface area contributed by atoms with Crippen molar-refractivity contribution in [2.75, 3.05) is 6.54 Å². The molecular weight excluding hydrogens is 184 g/mol. The van der Waals surface area contributed by atoms with Crippen LogP contribution in [0, 0.1) is 0 Å². The van der Waals surface area contributed by atoms with E-state index in [1.165, 1.54) is 5.69 Å². The number of nitrogens with two attached hydrogens (primary N) is 1. The SMILES string of the molecule is NC(=S)NCCCCc1ccn[nH]1. The number of H-pyrrole nitrogens is 1. The molecule has 0 bridgehead atoms. The van der Waals surface area contributed by atoms with Crippen molar-refractivity contribution < 1.29 is 0 Å². The van der Waals surface area contributed by atoms with E-state index in [4.69, 9.17) is 5.73 Å². The highest BCUT2D eigenvalue weighted by atomic mass is 32.1. The number of thiocarbonyl (C=S) groups is 1. The van der Waals surface area contributed by atoms with Crippen molar-refractivity contribution in [3.8, 4) is 0 Å². The molecule has 0 fully saturated rings. The molecule has 13 heavy (non-hydrogen) atoms. The maximum atomic E-state index is 5.27. The number of hydrogen-bond donors (Lipinski definition) is 3. The Morgan fingerprint density at radius 1 is 1.62 bits per heavy atom. The summed E-state index contributed by atoms with van der Waals surface area (Å²) in [5, 5.41) is 10.1. The molecular formula is C8H14N4S. The first-order chi connectivity index (χ1) is 6.29. The Hall–Kier alpha value is -1.10. The van der Waals surface area contributed by atoms with E-state index in [2.05, 4.69) is 27.7 Å². The Morgan fingerprint density at radius 2 is 2.46 bits per heavy atom. The molecule has 0 aromatic carbocycles. The summed E-state index contributed by atoms with van der Waals surface area (Å²) in [5.74, 6) is 0. The molecule has 0 atom stereocenters. The first kappa shape index (κ1) is 9.98. The van der Waals surface area contributed by atoms with Gasteiger partial charge >= 0.3 is 0 Å². The Kier molecular flexibility index (Phi) is 4.25. The molecule has 4 nitrogen and oxygen atoms in total. The normalized spacial score (nSPS) is 9.85. The highest BCUT2D eigenvalue weighted by molar-refractivity contribution is 7.80. The summed E-state index contributed by atoms with van der Waals surface area (Å²) >= 11 is 4.68. The lowest BCUT2D eigenvalue weighted by atomic mass is 10.2. The molecule has 72 valence electrons. The van der Waals surface area contributed by atoms with Crippen molar-refractivity contribution in [2.45, 2.75) is 19.3 Å². The smallest absolute Gasteiger partial charge is 0.163 e. The van der Waals surface area contributed by atoms with Crippen LogP contribution in [0.5, 0.6) is 0 Å². The molecule has 0 spiro atoms. The molecule has 5 heteroatoms. The lowest BCUT2D eigenvalue weighted by Crippen LogP contribution is -2.29. The monoisotopic (exact) mass is 198 g/mol. The predicted molar refractivity (Wildman–Crippen MR) is 56.3 cm³/mol. The van der Waals surface area contributed by atoms with Crippen LogP contribution in [0.4, 0.5) is 0 Å². The Morgan fingerprint density at radius 3 is 3.08 bits per heavy atom. The number of aromatic amines is 1. The van der Waals surface area contributed by atoms with Gasteiger partial charge in [-0.3, -0.25) is 5.10 Å². The van der Waals surface area contributed by atoms with E-state index < -0.39 is 0 Å². The number of nitrogens with zero attached hydrogens (tertiary/aromatic N) is 1.